The first-order chi connectivity index (χ1) is 10.0. The Balaban J connectivity index is 2.28. The van der Waals surface area contributed by atoms with Crippen LogP contribution >= 0.6 is 0 Å². The van der Waals surface area contributed by atoms with Gasteiger partial charge < -0.3 is 20.7 Å². The Morgan fingerprint density at radius 1 is 1.52 bits per heavy atom. The molecule has 2 rings (SSSR count). The van der Waals surface area contributed by atoms with Crippen LogP contribution in [-0.4, -0.2) is 37.7 Å². The number of rotatable bonds is 4. The average Bonchev–Trinajstić information content (AvgIpc) is 2.46. The van der Waals surface area contributed by atoms with Crippen LogP contribution in [-0.2, 0) is 16.1 Å². The fraction of sp³-hybridized carbons (Fsp3) is 0.562. The van der Waals surface area contributed by atoms with Gasteiger partial charge in [-0.2, -0.15) is 0 Å². The highest BCUT2D eigenvalue weighted by Crippen LogP contribution is 2.25. The molecule has 21 heavy (non-hydrogen) atoms. The van der Waals surface area contributed by atoms with Gasteiger partial charge >= 0.3 is 0 Å². The van der Waals surface area contributed by atoms with Crippen LogP contribution in [0.4, 0.5) is 5.69 Å². The molecule has 1 aliphatic heterocycles. The predicted molar refractivity (Wildman–Crippen MR) is 84.3 cm³/mol. The van der Waals surface area contributed by atoms with Gasteiger partial charge in [0.1, 0.15) is 6.04 Å². The highest BCUT2D eigenvalue weighted by Gasteiger charge is 2.30. The lowest BCUT2D eigenvalue weighted by atomic mass is 10.1. The maximum Gasteiger partial charge on any atom is 0.245 e. The molecule has 1 atom stereocenters. The zero-order chi connectivity index (χ0) is 15.4. The van der Waals surface area contributed by atoms with Gasteiger partial charge in [-0.05, 0) is 32.4 Å². The second-order valence-electron chi connectivity index (χ2n) is 5.78. The lowest BCUT2D eigenvalue weighted by Gasteiger charge is -2.37. The van der Waals surface area contributed by atoms with Crippen molar-refractivity contribution in [3.05, 3.63) is 29.3 Å². The van der Waals surface area contributed by atoms with E-state index in [4.69, 9.17) is 10.5 Å². The normalized spacial score (nSPS) is 18.9. The van der Waals surface area contributed by atoms with Crippen molar-refractivity contribution in [2.24, 2.45) is 5.73 Å². The third kappa shape index (κ3) is 3.74. The van der Waals surface area contributed by atoms with Crippen molar-refractivity contribution >= 4 is 11.6 Å². The predicted octanol–water partition coefficient (Wildman–Crippen LogP) is 1.18. The van der Waals surface area contributed by atoms with Crippen LogP contribution in [0.5, 0.6) is 0 Å². The van der Waals surface area contributed by atoms with Gasteiger partial charge in [-0.15, -0.1) is 0 Å². The van der Waals surface area contributed by atoms with Crippen LogP contribution in [0, 0.1) is 6.92 Å². The summed E-state index contributed by atoms with van der Waals surface area (Å²) in [7, 11) is 0. The number of benzene rings is 1. The molecule has 1 amide bonds. The fourth-order valence-electron chi connectivity index (χ4n) is 2.65. The fourth-order valence-corrected chi connectivity index (χ4v) is 2.65. The molecule has 1 unspecified atom stereocenters. The number of amides is 1. The quantitative estimate of drug-likeness (QED) is 0.874. The monoisotopic (exact) mass is 291 g/mol. The maximum absolute atomic E-state index is 12.4. The number of carbonyl (C=O) groups excluding carboxylic acids is 1. The molecule has 0 spiro atoms. The highest BCUT2D eigenvalue weighted by atomic mass is 16.5. The molecule has 5 heteroatoms. The molecule has 1 fully saturated rings. The Hall–Kier alpha value is -1.59. The molecule has 0 saturated carbocycles. The van der Waals surface area contributed by atoms with Gasteiger partial charge in [-0.3, -0.25) is 4.79 Å². The summed E-state index contributed by atoms with van der Waals surface area (Å²) >= 11 is 0. The molecule has 1 heterocycles. The molecule has 1 aliphatic rings. The number of anilines is 1. The number of hydrogen-bond donors (Lipinski definition) is 2. The summed E-state index contributed by atoms with van der Waals surface area (Å²) in [6, 6.07) is 6.02. The van der Waals surface area contributed by atoms with Crippen molar-refractivity contribution in [2.45, 2.75) is 39.4 Å². The minimum absolute atomic E-state index is 0.00764. The molecule has 0 radical (unpaired) electrons. The SMILES string of the molecule is Cc1ccc(N2CCOCC2C(=O)NC(C)C)c(CN)c1. The summed E-state index contributed by atoms with van der Waals surface area (Å²) in [5, 5.41) is 2.97. The Labute approximate surface area is 126 Å². The lowest BCUT2D eigenvalue weighted by Crippen LogP contribution is -2.55. The molecule has 116 valence electrons. The minimum atomic E-state index is -0.297. The Morgan fingerprint density at radius 3 is 2.95 bits per heavy atom. The first-order valence-corrected chi connectivity index (χ1v) is 7.47. The van der Waals surface area contributed by atoms with Gasteiger partial charge in [0.2, 0.25) is 5.91 Å². The number of ether oxygens (including phenoxy) is 1. The van der Waals surface area contributed by atoms with Crippen LogP contribution in [0.15, 0.2) is 18.2 Å². The number of aryl methyl sites for hydroxylation is 1. The Kier molecular flexibility index (Phi) is 5.20. The molecule has 1 aromatic rings. The van der Waals surface area contributed by atoms with E-state index in [1.165, 1.54) is 5.56 Å². The number of morpholine rings is 1. The van der Waals surface area contributed by atoms with Crippen LogP contribution < -0.4 is 16.0 Å². The van der Waals surface area contributed by atoms with Gasteiger partial charge in [0, 0.05) is 24.8 Å². The third-order valence-electron chi connectivity index (χ3n) is 3.63. The molecule has 5 nitrogen and oxygen atoms in total. The van der Waals surface area contributed by atoms with Crippen molar-refractivity contribution in [1.82, 2.24) is 5.32 Å². The van der Waals surface area contributed by atoms with Crippen molar-refractivity contribution in [2.75, 3.05) is 24.7 Å². The summed E-state index contributed by atoms with van der Waals surface area (Å²) in [4.78, 5) is 14.5. The average molecular weight is 291 g/mol. The molecule has 0 aromatic heterocycles. The molecular formula is C16H25N3O2. The Bertz CT molecular complexity index is 502. The van der Waals surface area contributed by atoms with Crippen LogP contribution in [0.1, 0.15) is 25.0 Å². The largest absolute Gasteiger partial charge is 0.377 e. The Morgan fingerprint density at radius 2 is 2.29 bits per heavy atom. The summed E-state index contributed by atoms with van der Waals surface area (Å²) < 4.78 is 5.50. The van der Waals surface area contributed by atoms with E-state index in [-0.39, 0.29) is 18.0 Å². The van der Waals surface area contributed by atoms with Gasteiger partial charge in [0.25, 0.3) is 0 Å². The zero-order valence-corrected chi connectivity index (χ0v) is 13.1. The second kappa shape index (κ2) is 6.91. The summed E-state index contributed by atoms with van der Waals surface area (Å²) in [5.74, 6) is 0.00764. The smallest absolute Gasteiger partial charge is 0.245 e. The number of hydrogen-bond acceptors (Lipinski definition) is 4. The van der Waals surface area contributed by atoms with Crippen LogP contribution in [0.25, 0.3) is 0 Å². The van der Waals surface area contributed by atoms with E-state index in [0.29, 0.717) is 26.3 Å². The maximum atomic E-state index is 12.4. The summed E-state index contributed by atoms with van der Waals surface area (Å²) in [6.07, 6.45) is 0. The van der Waals surface area contributed by atoms with E-state index in [9.17, 15) is 4.79 Å². The standard InChI is InChI=1S/C16H25N3O2/c1-11(2)18-16(20)15-10-21-7-6-19(15)14-5-4-12(3)8-13(14)9-17/h4-5,8,11,15H,6-7,9-10,17H2,1-3H3,(H,18,20). The number of carbonyl (C=O) groups is 1. The highest BCUT2D eigenvalue weighted by molar-refractivity contribution is 5.86. The molecule has 1 aromatic carbocycles. The van der Waals surface area contributed by atoms with Gasteiger partial charge in [0.05, 0.1) is 13.2 Å². The summed E-state index contributed by atoms with van der Waals surface area (Å²) in [5.41, 5.74) is 9.15. The lowest BCUT2D eigenvalue weighted by molar-refractivity contribution is -0.125. The van der Waals surface area contributed by atoms with E-state index in [2.05, 4.69) is 28.4 Å². The summed E-state index contributed by atoms with van der Waals surface area (Å²) in [6.45, 7) is 8.18. The topological polar surface area (TPSA) is 67.6 Å². The molecule has 0 aliphatic carbocycles. The van der Waals surface area contributed by atoms with Gasteiger partial charge in [-0.25, -0.2) is 0 Å². The first kappa shape index (κ1) is 15.8. The van der Waals surface area contributed by atoms with Gasteiger partial charge in [-0.1, -0.05) is 17.7 Å². The zero-order valence-electron chi connectivity index (χ0n) is 13.1. The van der Waals surface area contributed by atoms with Crippen LogP contribution in [0.2, 0.25) is 0 Å². The van der Waals surface area contributed by atoms with Crippen molar-refractivity contribution < 1.29 is 9.53 Å². The van der Waals surface area contributed by atoms with Crippen molar-refractivity contribution in [3.8, 4) is 0 Å². The first-order valence-electron chi connectivity index (χ1n) is 7.47. The van der Waals surface area contributed by atoms with E-state index in [0.717, 1.165) is 11.3 Å². The minimum Gasteiger partial charge on any atom is -0.377 e. The van der Waals surface area contributed by atoms with E-state index < -0.39 is 0 Å². The number of nitrogens with zero attached hydrogens (tertiary/aromatic N) is 1. The van der Waals surface area contributed by atoms with Gasteiger partial charge in [0.15, 0.2) is 0 Å². The number of nitrogens with one attached hydrogen (secondary N) is 1. The van der Waals surface area contributed by atoms with Crippen molar-refractivity contribution in [3.63, 3.8) is 0 Å². The molecule has 0 bridgehead atoms. The van der Waals surface area contributed by atoms with E-state index >= 15 is 0 Å². The van der Waals surface area contributed by atoms with Crippen molar-refractivity contribution in [1.29, 1.82) is 0 Å². The van der Waals surface area contributed by atoms with E-state index in [1.54, 1.807) is 0 Å². The number of nitrogens with two attached hydrogens (primary N) is 1. The third-order valence-corrected chi connectivity index (χ3v) is 3.63. The molecular weight excluding hydrogens is 266 g/mol. The van der Waals surface area contributed by atoms with E-state index in [1.807, 2.05) is 20.8 Å². The second-order valence-corrected chi connectivity index (χ2v) is 5.78. The van der Waals surface area contributed by atoms with Crippen LogP contribution in [0.3, 0.4) is 0 Å². The molecule has 1 saturated heterocycles. The molecule has 3 N–H and O–H groups in total.